The maximum Gasteiger partial charge on any atom is 0.255 e. The number of hydrogen-bond donors (Lipinski definition) is 0. The number of para-hydroxylation sites is 2. The van der Waals surface area contributed by atoms with E-state index in [0.29, 0.717) is 11.8 Å². The van der Waals surface area contributed by atoms with E-state index in [4.69, 9.17) is 14.7 Å². The molecule has 0 N–H and O–H groups in total. The molecule has 0 radical (unpaired) electrons. The summed E-state index contributed by atoms with van der Waals surface area (Å²) in [5.41, 5.74) is 14.5. The zero-order valence-corrected chi connectivity index (χ0v) is 29.5. The summed E-state index contributed by atoms with van der Waals surface area (Å²) in [6, 6.07) is 30.6. The van der Waals surface area contributed by atoms with E-state index in [1.807, 2.05) is 0 Å². The smallest absolute Gasteiger partial charge is 0.255 e. The summed E-state index contributed by atoms with van der Waals surface area (Å²) in [4.78, 5) is 13.0. The quantitative estimate of drug-likeness (QED) is 0.184. The highest BCUT2D eigenvalue weighted by molar-refractivity contribution is 6.97. The normalized spacial score (nSPS) is 19.4. The monoisotopic (exact) mass is 629 g/mol. The lowest BCUT2D eigenvalue weighted by Crippen LogP contribution is -2.60. The highest BCUT2D eigenvalue weighted by atomic mass is 16.5. The van der Waals surface area contributed by atoms with Crippen molar-refractivity contribution in [2.75, 3.05) is 4.90 Å². The van der Waals surface area contributed by atoms with Crippen molar-refractivity contribution in [1.82, 2.24) is 9.97 Å². The number of anilines is 3. The fourth-order valence-electron chi connectivity index (χ4n) is 10.4. The molecule has 5 heteroatoms. The van der Waals surface area contributed by atoms with Crippen LogP contribution in [0.1, 0.15) is 102 Å². The van der Waals surface area contributed by atoms with Gasteiger partial charge in [-0.15, -0.1) is 0 Å². The van der Waals surface area contributed by atoms with Crippen LogP contribution in [0.25, 0.3) is 0 Å². The molecule has 2 aliphatic heterocycles. The molecule has 240 valence electrons. The fraction of sp³-hybridized carbons (Fsp3) is 0.349. The summed E-state index contributed by atoms with van der Waals surface area (Å²) < 4.78 is 6.98. The Labute approximate surface area is 285 Å². The molecule has 48 heavy (non-hydrogen) atoms. The number of hydrogen-bond acceptors (Lipinski definition) is 4. The molecule has 4 nitrogen and oxygen atoms in total. The predicted octanol–water partition coefficient (Wildman–Crippen LogP) is 8.39. The Morgan fingerprint density at radius 2 is 1.21 bits per heavy atom. The number of nitrogens with zero attached hydrogens (tertiary/aromatic N) is 3. The van der Waals surface area contributed by atoms with E-state index < -0.39 is 0 Å². The first-order chi connectivity index (χ1) is 22.8. The molecule has 0 unspecified atom stereocenters. The van der Waals surface area contributed by atoms with Gasteiger partial charge in [0.2, 0.25) is 11.8 Å². The number of ether oxygens (including phenoxy) is 1. The van der Waals surface area contributed by atoms with Crippen LogP contribution in [0.5, 0.6) is 11.6 Å². The minimum Gasteiger partial charge on any atom is -0.440 e. The van der Waals surface area contributed by atoms with E-state index in [-0.39, 0.29) is 28.4 Å². The first kappa shape index (κ1) is 29.7. The van der Waals surface area contributed by atoms with Crippen molar-refractivity contribution in [3.63, 3.8) is 0 Å². The summed E-state index contributed by atoms with van der Waals surface area (Å²) >= 11 is 0. The van der Waals surface area contributed by atoms with E-state index in [1.165, 1.54) is 38.7 Å². The van der Waals surface area contributed by atoms with Gasteiger partial charge in [-0.05, 0) is 98.1 Å². The lowest BCUT2D eigenvalue weighted by molar-refractivity contribution is 0.402. The second kappa shape index (κ2) is 9.62. The lowest BCUT2D eigenvalue weighted by atomic mass is 9.33. The van der Waals surface area contributed by atoms with Gasteiger partial charge in [-0.3, -0.25) is 4.90 Å². The molecule has 0 amide bonds. The zero-order chi connectivity index (χ0) is 33.4. The first-order valence-electron chi connectivity index (χ1n) is 17.6. The third kappa shape index (κ3) is 4.15. The average molecular weight is 630 g/mol. The molecule has 0 saturated heterocycles. The third-order valence-electron chi connectivity index (χ3n) is 11.8. The van der Waals surface area contributed by atoms with Gasteiger partial charge in [-0.2, -0.15) is 4.98 Å². The maximum absolute atomic E-state index is 6.98. The van der Waals surface area contributed by atoms with Crippen LogP contribution in [-0.4, -0.2) is 16.7 Å². The number of aromatic nitrogens is 2. The lowest BCUT2D eigenvalue weighted by Gasteiger charge is -2.36. The molecular formula is C43H44BN3O. The second-order valence-corrected chi connectivity index (χ2v) is 17.3. The second-order valence-electron chi connectivity index (χ2n) is 17.3. The van der Waals surface area contributed by atoms with Crippen molar-refractivity contribution in [2.24, 2.45) is 0 Å². The highest BCUT2D eigenvalue weighted by Crippen LogP contribution is 2.53. The SMILES string of the molecule is CC1(C)CC(C)(C)c2cc3c(cc21)Oc1nc(N(c2ccccc2)c2ccccc2)nc2c1B3c1ccc3c(c1C2)C(C)(C)CC3(C)C. The molecule has 4 aliphatic rings. The van der Waals surface area contributed by atoms with Crippen molar-refractivity contribution >= 4 is 40.4 Å². The van der Waals surface area contributed by atoms with E-state index in [0.717, 1.165) is 47.5 Å². The van der Waals surface area contributed by atoms with E-state index in [1.54, 1.807) is 0 Å². The summed E-state index contributed by atoms with van der Waals surface area (Å²) in [7, 11) is 0. The molecule has 1 aromatic heterocycles. The van der Waals surface area contributed by atoms with Gasteiger partial charge in [0.25, 0.3) is 6.71 Å². The Hall–Kier alpha value is -4.38. The summed E-state index contributed by atoms with van der Waals surface area (Å²) in [6.45, 7) is 19.3. The standard InChI is InChI=1S/C43H44BN3O/c1-40(2)25-43(7,8)36-28-21-34-37-38(46-39(45-34)47(26-15-11-9-12-16-26)27-17-13-10-14-18-27)48-35-23-31-30(41(3,4)24-42(31,5)6)22-33(35)44(37)32(28)20-19-29(36)40/h9-20,22-23H,21,24-25H2,1-8H3. The molecule has 2 aliphatic carbocycles. The largest absolute Gasteiger partial charge is 0.440 e. The van der Waals surface area contributed by atoms with Crippen LogP contribution in [0.3, 0.4) is 0 Å². The fourth-order valence-corrected chi connectivity index (χ4v) is 10.4. The minimum absolute atomic E-state index is 0.0214. The molecule has 0 bridgehead atoms. The van der Waals surface area contributed by atoms with Gasteiger partial charge >= 0.3 is 0 Å². The molecule has 4 aromatic carbocycles. The van der Waals surface area contributed by atoms with Crippen molar-refractivity contribution in [1.29, 1.82) is 0 Å². The summed E-state index contributed by atoms with van der Waals surface area (Å²) in [6.07, 6.45) is 3.02. The van der Waals surface area contributed by atoms with E-state index in [9.17, 15) is 0 Å². The molecule has 5 aromatic rings. The zero-order valence-electron chi connectivity index (χ0n) is 29.5. The van der Waals surface area contributed by atoms with Gasteiger partial charge in [-0.1, -0.05) is 115 Å². The van der Waals surface area contributed by atoms with Gasteiger partial charge in [0, 0.05) is 29.0 Å². The Morgan fingerprint density at radius 1 is 0.625 bits per heavy atom. The van der Waals surface area contributed by atoms with Crippen molar-refractivity contribution in [2.45, 2.75) is 96.3 Å². The third-order valence-corrected chi connectivity index (χ3v) is 11.8. The Balaban J connectivity index is 1.33. The molecule has 3 heterocycles. The van der Waals surface area contributed by atoms with Crippen LogP contribution < -0.4 is 26.0 Å². The van der Waals surface area contributed by atoms with Gasteiger partial charge in [-0.25, -0.2) is 4.98 Å². The van der Waals surface area contributed by atoms with Gasteiger partial charge in [0.1, 0.15) is 5.75 Å². The first-order valence-corrected chi connectivity index (χ1v) is 17.6. The van der Waals surface area contributed by atoms with Crippen molar-refractivity contribution in [3.05, 3.63) is 118 Å². The predicted molar refractivity (Wildman–Crippen MR) is 198 cm³/mol. The molecule has 0 fully saturated rings. The van der Waals surface area contributed by atoms with E-state index in [2.05, 4.69) is 145 Å². The molecule has 9 rings (SSSR count). The number of fused-ring (bicyclic) bond motifs is 7. The van der Waals surface area contributed by atoms with Crippen LogP contribution in [0, 0.1) is 0 Å². The Bertz CT molecular complexity index is 2100. The van der Waals surface area contributed by atoms with E-state index >= 15 is 0 Å². The topological polar surface area (TPSA) is 38.2 Å². The van der Waals surface area contributed by atoms with Gasteiger partial charge in [0.05, 0.1) is 0 Å². The Kier molecular flexibility index (Phi) is 5.96. The maximum atomic E-state index is 6.98. The highest BCUT2D eigenvalue weighted by Gasteiger charge is 2.50. The summed E-state index contributed by atoms with van der Waals surface area (Å²) in [5.74, 6) is 2.26. The van der Waals surface area contributed by atoms with Gasteiger partial charge in [0.15, 0.2) is 0 Å². The van der Waals surface area contributed by atoms with Crippen LogP contribution >= 0.6 is 0 Å². The summed E-state index contributed by atoms with van der Waals surface area (Å²) in [5, 5.41) is 0. The minimum atomic E-state index is 0.0214. The van der Waals surface area contributed by atoms with Crippen molar-refractivity contribution < 1.29 is 4.74 Å². The molecule has 0 spiro atoms. The molecular weight excluding hydrogens is 585 g/mol. The van der Waals surface area contributed by atoms with Crippen LogP contribution in [0.4, 0.5) is 17.3 Å². The number of benzene rings is 4. The van der Waals surface area contributed by atoms with Crippen LogP contribution in [0.2, 0.25) is 0 Å². The van der Waals surface area contributed by atoms with Crippen LogP contribution in [0.15, 0.2) is 84.9 Å². The van der Waals surface area contributed by atoms with Crippen LogP contribution in [-0.2, 0) is 28.1 Å². The average Bonchev–Trinajstić information content (AvgIpc) is 3.35. The van der Waals surface area contributed by atoms with Gasteiger partial charge < -0.3 is 4.74 Å². The molecule has 0 atom stereocenters. The molecule has 0 saturated carbocycles. The van der Waals surface area contributed by atoms with Crippen molar-refractivity contribution in [3.8, 4) is 11.6 Å². The Morgan fingerprint density at radius 3 is 1.85 bits per heavy atom. The number of rotatable bonds is 3.